The summed E-state index contributed by atoms with van der Waals surface area (Å²) in [7, 11) is 0. The van der Waals surface area contributed by atoms with E-state index in [1.807, 2.05) is 0 Å². The lowest BCUT2D eigenvalue weighted by Gasteiger charge is -2.07. The van der Waals surface area contributed by atoms with Crippen LogP contribution in [0, 0.1) is 11.6 Å². The van der Waals surface area contributed by atoms with Gasteiger partial charge in [-0.25, -0.2) is 13.8 Å². The van der Waals surface area contributed by atoms with Gasteiger partial charge in [0.2, 0.25) is 0 Å². The topological polar surface area (TPSA) is 38.9 Å². The van der Waals surface area contributed by atoms with E-state index in [0.717, 1.165) is 6.07 Å². The second kappa shape index (κ2) is 4.47. The summed E-state index contributed by atoms with van der Waals surface area (Å²) in [5, 5.41) is 0.268. The van der Waals surface area contributed by atoms with Crippen LogP contribution in [0.1, 0.15) is 0 Å². The quantitative estimate of drug-likeness (QED) is 0.856. The molecule has 0 saturated heterocycles. The van der Waals surface area contributed by atoms with E-state index in [-0.39, 0.29) is 27.1 Å². The van der Waals surface area contributed by atoms with Crippen LogP contribution >= 0.6 is 23.2 Å². The molecule has 88 valence electrons. The average molecular weight is 275 g/mol. The van der Waals surface area contributed by atoms with Crippen molar-refractivity contribution in [3.63, 3.8) is 0 Å². The molecule has 0 aliphatic heterocycles. The molecular weight excluding hydrogens is 269 g/mol. The van der Waals surface area contributed by atoms with Gasteiger partial charge in [0.1, 0.15) is 5.82 Å². The van der Waals surface area contributed by atoms with Gasteiger partial charge in [-0.2, -0.15) is 0 Å². The molecule has 2 N–H and O–H groups in total. The normalized spacial score (nSPS) is 10.6. The Morgan fingerprint density at radius 1 is 1.12 bits per heavy atom. The Kier molecular flexibility index (Phi) is 3.17. The maximum Gasteiger partial charge on any atom is 0.168 e. The molecule has 0 atom stereocenters. The van der Waals surface area contributed by atoms with E-state index in [2.05, 4.69) is 4.98 Å². The Morgan fingerprint density at radius 3 is 2.53 bits per heavy atom. The van der Waals surface area contributed by atoms with Crippen LogP contribution in [0.4, 0.5) is 14.6 Å². The van der Waals surface area contributed by atoms with Gasteiger partial charge in [0.15, 0.2) is 11.6 Å². The molecule has 2 nitrogen and oxygen atoms in total. The zero-order chi connectivity index (χ0) is 12.6. The summed E-state index contributed by atoms with van der Waals surface area (Å²) in [6, 6.07) is 5.06. The first kappa shape index (κ1) is 12.1. The van der Waals surface area contributed by atoms with Crippen LogP contribution < -0.4 is 5.73 Å². The molecule has 6 heteroatoms. The highest BCUT2D eigenvalue weighted by molar-refractivity contribution is 6.37. The molecule has 1 aromatic carbocycles. The molecule has 1 heterocycles. The number of halogens is 4. The molecule has 0 unspecified atom stereocenters. The van der Waals surface area contributed by atoms with Gasteiger partial charge < -0.3 is 5.73 Å². The summed E-state index contributed by atoms with van der Waals surface area (Å²) in [6.45, 7) is 0. The molecule has 0 aliphatic rings. The first-order valence-corrected chi connectivity index (χ1v) is 5.32. The Balaban J connectivity index is 2.69. The number of nitrogens with zero attached hydrogens (tertiary/aromatic N) is 1. The number of anilines is 1. The first-order chi connectivity index (χ1) is 8.00. The first-order valence-electron chi connectivity index (χ1n) is 4.56. The summed E-state index contributed by atoms with van der Waals surface area (Å²) >= 11 is 11.6. The zero-order valence-electron chi connectivity index (χ0n) is 8.35. The van der Waals surface area contributed by atoms with E-state index in [1.165, 1.54) is 18.2 Å². The van der Waals surface area contributed by atoms with Gasteiger partial charge in [-0.05, 0) is 18.2 Å². The van der Waals surface area contributed by atoms with Crippen LogP contribution in [0.5, 0.6) is 0 Å². The SMILES string of the molecule is Nc1nc(-c2cccc(F)c2F)c(Cl)cc1Cl. The molecule has 0 saturated carbocycles. The smallest absolute Gasteiger partial charge is 0.168 e. The largest absolute Gasteiger partial charge is 0.382 e. The van der Waals surface area contributed by atoms with E-state index in [1.54, 1.807) is 0 Å². The van der Waals surface area contributed by atoms with Gasteiger partial charge in [0, 0.05) is 5.56 Å². The number of hydrogen-bond donors (Lipinski definition) is 1. The summed E-state index contributed by atoms with van der Waals surface area (Å²) in [4.78, 5) is 3.85. The fraction of sp³-hybridized carbons (Fsp3) is 0. The van der Waals surface area contributed by atoms with E-state index in [4.69, 9.17) is 28.9 Å². The van der Waals surface area contributed by atoms with E-state index >= 15 is 0 Å². The third-order valence-electron chi connectivity index (χ3n) is 2.16. The minimum absolute atomic E-state index is 0.00901. The fourth-order valence-corrected chi connectivity index (χ4v) is 1.82. The van der Waals surface area contributed by atoms with Crippen molar-refractivity contribution in [2.45, 2.75) is 0 Å². The van der Waals surface area contributed by atoms with Crippen LogP contribution in [0.3, 0.4) is 0 Å². The third kappa shape index (κ3) is 2.18. The minimum atomic E-state index is -1.02. The Bertz CT molecular complexity index is 588. The highest BCUT2D eigenvalue weighted by Crippen LogP contribution is 2.32. The molecule has 0 bridgehead atoms. The Hall–Kier alpha value is -1.39. The van der Waals surface area contributed by atoms with Gasteiger partial charge in [0.25, 0.3) is 0 Å². The van der Waals surface area contributed by atoms with Crippen LogP contribution in [0.15, 0.2) is 24.3 Å². The second-order valence-electron chi connectivity index (χ2n) is 3.29. The van der Waals surface area contributed by atoms with Crippen molar-refractivity contribution in [3.8, 4) is 11.3 Å². The van der Waals surface area contributed by atoms with Crippen molar-refractivity contribution in [3.05, 3.63) is 45.9 Å². The van der Waals surface area contributed by atoms with E-state index in [0.29, 0.717) is 0 Å². The zero-order valence-corrected chi connectivity index (χ0v) is 9.86. The summed E-state index contributed by atoms with van der Waals surface area (Å²) in [5.74, 6) is -1.99. The number of rotatable bonds is 1. The molecule has 0 aliphatic carbocycles. The molecule has 2 rings (SSSR count). The molecule has 2 aromatic rings. The summed E-state index contributed by atoms with van der Waals surface area (Å²) in [6.07, 6.45) is 0. The van der Waals surface area contributed by atoms with Crippen molar-refractivity contribution in [1.82, 2.24) is 4.98 Å². The maximum atomic E-state index is 13.6. The monoisotopic (exact) mass is 274 g/mol. The van der Waals surface area contributed by atoms with Gasteiger partial charge in [-0.1, -0.05) is 29.3 Å². The Labute approximate surface area is 106 Å². The lowest BCUT2D eigenvalue weighted by molar-refractivity contribution is 0.511. The fourth-order valence-electron chi connectivity index (χ4n) is 1.36. The third-order valence-corrected chi connectivity index (χ3v) is 2.75. The molecule has 0 spiro atoms. The van der Waals surface area contributed by atoms with Gasteiger partial charge >= 0.3 is 0 Å². The molecule has 0 fully saturated rings. The van der Waals surface area contributed by atoms with Gasteiger partial charge in [0.05, 0.1) is 15.7 Å². The van der Waals surface area contributed by atoms with Crippen LogP contribution in [-0.2, 0) is 0 Å². The predicted octanol–water partition coefficient (Wildman–Crippen LogP) is 3.92. The maximum absolute atomic E-state index is 13.6. The number of benzene rings is 1. The standard InChI is InChI=1S/C11H6Cl2F2N2/c12-6-4-7(13)11(16)17-10(6)5-2-1-3-8(14)9(5)15/h1-4H,(H2,16,17). The minimum Gasteiger partial charge on any atom is -0.382 e. The van der Waals surface area contributed by atoms with E-state index in [9.17, 15) is 8.78 Å². The van der Waals surface area contributed by atoms with E-state index < -0.39 is 11.6 Å². The van der Waals surface area contributed by atoms with Crippen molar-refractivity contribution in [2.75, 3.05) is 5.73 Å². The van der Waals surface area contributed by atoms with Crippen LogP contribution in [0.2, 0.25) is 10.0 Å². The second-order valence-corrected chi connectivity index (χ2v) is 4.10. The number of pyridine rings is 1. The van der Waals surface area contributed by atoms with Crippen molar-refractivity contribution in [1.29, 1.82) is 0 Å². The van der Waals surface area contributed by atoms with Gasteiger partial charge in [-0.15, -0.1) is 0 Å². The lowest BCUT2D eigenvalue weighted by atomic mass is 10.1. The number of nitrogen functional groups attached to an aromatic ring is 1. The van der Waals surface area contributed by atoms with Crippen molar-refractivity contribution in [2.24, 2.45) is 0 Å². The molecule has 1 aromatic heterocycles. The van der Waals surface area contributed by atoms with Crippen LogP contribution in [0.25, 0.3) is 11.3 Å². The molecule has 0 amide bonds. The molecular formula is C11H6Cl2F2N2. The van der Waals surface area contributed by atoms with Crippen molar-refractivity contribution < 1.29 is 8.78 Å². The van der Waals surface area contributed by atoms with Gasteiger partial charge in [-0.3, -0.25) is 0 Å². The number of nitrogens with two attached hydrogens (primary N) is 1. The van der Waals surface area contributed by atoms with Crippen LogP contribution in [-0.4, -0.2) is 4.98 Å². The number of hydrogen-bond acceptors (Lipinski definition) is 2. The highest BCUT2D eigenvalue weighted by atomic mass is 35.5. The highest BCUT2D eigenvalue weighted by Gasteiger charge is 2.15. The predicted molar refractivity (Wildman–Crippen MR) is 64.0 cm³/mol. The Morgan fingerprint density at radius 2 is 1.82 bits per heavy atom. The summed E-state index contributed by atoms with van der Waals surface area (Å²) < 4.78 is 26.6. The lowest BCUT2D eigenvalue weighted by Crippen LogP contribution is -1.97. The average Bonchev–Trinajstić information content (AvgIpc) is 2.28. The molecule has 0 radical (unpaired) electrons. The number of aromatic nitrogens is 1. The molecule has 17 heavy (non-hydrogen) atoms. The summed E-state index contributed by atoms with van der Waals surface area (Å²) in [5.41, 5.74) is 5.50. The van der Waals surface area contributed by atoms with Crippen molar-refractivity contribution >= 4 is 29.0 Å².